The molecule has 170 valence electrons. The SMILES string of the molecule is CCN(CC)S(=O)(=O)c1ccc(O)c(NC(=O)CCc2nc(-c3ccc(F)cc3)no2)c1. The number of nitrogens with one attached hydrogen (secondary N) is 1. The van der Waals surface area contributed by atoms with Crippen LogP contribution in [0, 0.1) is 5.82 Å². The van der Waals surface area contributed by atoms with E-state index in [0.29, 0.717) is 18.7 Å². The highest BCUT2D eigenvalue weighted by Crippen LogP contribution is 2.28. The van der Waals surface area contributed by atoms with Crippen LogP contribution in [0.3, 0.4) is 0 Å². The van der Waals surface area contributed by atoms with Crippen LogP contribution in [0.15, 0.2) is 51.9 Å². The number of phenolic OH excluding ortho intramolecular Hbond substituents is 1. The monoisotopic (exact) mass is 462 g/mol. The predicted molar refractivity (Wildman–Crippen MR) is 115 cm³/mol. The van der Waals surface area contributed by atoms with Gasteiger partial charge in [0.25, 0.3) is 0 Å². The van der Waals surface area contributed by atoms with Gasteiger partial charge in [-0.3, -0.25) is 4.79 Å². The van der Waals surface area contributed by atoms with Gasteiger partial charge in [-0.05, 0) is 42.5 Å². The maximum absolute atomic E-state index is 13.0. The van der Waals surface area contributed by atoms with Gasteiger partial charge < -0.3 is 14.9 Å². The summed E-state index contributed by atoms with van der Waals surface area (Å²) in [6.45, 7) is 4.04. The van der Waals surface area contributed by atoms with Gasteiger partial charge in [-0.1, -0.05) is 19.0 Å². The van der Waals surface area contributed by atoms with Crippen LogP contribution in [0.2, 0.25) is 0 Å². The first-order valence-corrected chi connectivity index (χ1v) is 11.4. The van der Waals surface area contributed by atoms with Gasteiger partial charge in [-0.15, -0.1) is 0 Å². The molecule has 32 heavy (non-hydrogen) atoms. The van der Waals surface area contributed by atoms with Crippen LogP contribution in [-0.2, 0) is 21.2 Å². The molecule has 0 spiro atoms. The largest absolute Gasteiger partial charge is 0.506 e. The number of aromatic hydroxyl groups is 1. The number of hydrogen-bond acceptors (Lipinski definition) is 7. The van der Waals surface area contributed by atoms with Gasteiger partial charge in [0.05, 0.1) is 10.6 Å². The van der Waals surface area contributed by atoms with Gasteiger partial charge in [0.1, 0.15) is 11.6 Å². The molecular weight excluding hydrogens is 439 g/mol. The predicted octanol–water partition coefficient (Wildman–Crippen LogP) is 3.18. The van der Waals surface area contributed by atoms with E-state index >= 15 is 0 Å². The molecule has 0 aliphatic heterocycles. The standard InChI is InChI=1S/C21H23FN4O5S/c1-3-26(4-2)32(29,30)16-9-10-18(27)17(13-16)23-19(28)11-12-20-24-21(25-31-20)14-5-7-15(22)8-6-14/h5-10,13,27H,3-4,11-12H2,1-2H3,(H,23,28). The third-order valence-corrected chi connectivity index (χ3v) is 6.77. The summed E-state index contributed by atoms with van der Waals surface area (Å²) in [6.07, 6.45) is 0.0791. The minimum Gasteiger partial charge on any atom is -0.506 e. The lowest BCUT2D eigenvalue weighted by atomic mass is 10.2. The van der Waals surface area contributed by atoms with E-state index in [4.69, 9.17) is 4.52 Å². The fourth-order valence-corrected chi connectivity index (χ4v) is 4.48. The Balaban J connectivity index is 1.66. The van der Waals surface area contributed by atoms with Crippen LogP contribution in [0.1, 0.15) is 26.2 Å². The molecule has 0 radical (unpaired) electrons. The highest BCUT2D eigenvalue weighted by Gasteiger charge is 2.23. The molecule has 3 rings (SSSR count). The lowest BCUT2D eigenvalue weighted by Crippen LogP contribution is -2.30. The zero-order valence-electron chi connectivity index (χ0n) is 17.6. The van der Waals surface area contributed by atoms with Crippen LogP contribution >= 0.6 is 0 Å². The Morgan fingerprint density at radius 2 is 1.84 bits per heavy atom. The molecule has 0 fully saturated rings. The number of carbonyl (C=O) groups is 1. The molecule has 0 aliphatic carbocycles. The molecule has 1 heterocycles. The number of halogens is 1. The van der Waals surface area contributed by atoms with Gasteiger partial charge in [0, 0.05) is 31.5 Å². The summed E-state index contributed by atoms with van der Waals surface area (Å²) < 4.78 is 44.8. The van der Waals surface area contributed by atoms with E-state index in [1.807, 2.05) is 0 Å². The Kier molecular flexibility index (Phi) is 7.21. The first-order valence-electron chi connectivity index (χ1n) is 9.96. The van der Waals surface area contributed by atoms with Gasteiger partial charge in [-0.2, -0.15) is 9.29 Å². The van der Waals surface area contributed by atoms with Gasteiger partial charge in [0.15, 0.2) is 0 Å². The van der Waals surface area contributed by atoms with Crippen LogP contribution < -0.4 is 5.32 Å². The molecule has 11 heteroatoms. The van der Waals surface area contributed by atoms with E-state index in [2.05, 4.69) is 15.5 Å². The molecule has 0 unspecified atom stereocenters. The van der Waals surface area contributed by atoms with Crippen molar-refractivity contribution in [3.63, 3.8) is 0 Å². The maximum atomic E-state index is 13.0. The maximum Gasteiger partial charge on any atom is 0.243 e. The molecule has 1 aromatic heterocycles. The van der Waals surface area contributed by atoms with Crippen molar-refractivity contribution in [3.05, 3.63) is 54.2 Å². The number of nitrogens with zero attached hydrogens (tertiary/aromatic N) is 3. The summed E-state index contributed by atoms with van der Waals surface area (Å²) in [5, 5.41) is 16.4. The number of benzene rings is 2. The first-order chi connectivity index (χ1) is 15.2. The van der Waals surface area contributed by atoms with E-state index in [-0.39, 0.29) is 46.7 Å². The fourth-order valence-electron chi connectivity index (χ4n) is 2.99. The topological polar surface area (TPSA) is 126 Å². The number of anilines is 1. The second-order valence-corrected chi connectivity index (χ2v) is 8.77. The zero-order chi connectivity index (χ0) is 23.3. The summed E-state index contributed by atoms with van der Waals surface area (Å²) in [7, 11) is -3.74. The third-order valence-electron chi connectivity index (χ3n) is 4.72. The molecular formula is C21H23FN4O5S. The Morgan fingerprint density at radius 3 is 2.50 bits per heavy atom. The van der Waals surface area contributed by atoms with E-state index in [9.17, 15) is 22.7 Å². The lowest BCUT2D eigenvalue weighted by Gasteiger charge is -2.19. The highest BCUT2D eigenvalue weighted by atomic mass is 32.2. The summed E-state index contributed by atoms with van der Waals surface area (Å²) in [4.78, 5) is 16.5. The average molecular weight is 463 g/mol. The summed E-state index contributed by atoms with van der Waals surface area (Å²) >= 11 is 0. The summed E-state index contributed by atoms with van der Waals surface area (Å²) in [5.41, 5.74) is 0.558. The number of carbonyl (C=O) groups excluding carboxylic acids is 1. The van der Waals surface area contributed by atoms with Crippen molar-refractivity contribution < 1.29 is 27.2 Å². The minimum atomic E-state index is -3.74. The molecule has 0 saturated carbocycles. The second kappa shape index (κ2) is 9.88. The first kappa shape index (κ1) is 23.4. The number of phenols is 1. The van der Waals surface area contributed by atoms with Crippen molar-refractivity contribution in [2.45, 2.75) is 31.6 Å². The van der Waals surface area contributed by atoms with Crippen molar-refractivity contribution in [2.75, 3.05) is 18.4 Å². The third kappa shape index (κ3) is 5.29. The van der Waals surface area contributed by atoms with Crippen molar-refractivity contribution in [1.29, 1.82) is 0 Å². The zero-order valence-corrected chi connectivity index (χ0v) is 18.4. The number of rotatable bonds is 9. The summed E-state index contributed by atoms with van der Waals surface area (Å²) in [6, 6.07) is 9.31. The Hall–Kier alpha value is -3.31. The molecule has 3 aromatic rings. The molecule has 1 amide bonds. The Labute approximate surface area is 184 Å². The molecule has 2 N–H and O–H groups in total. The number of sulfonamides is 1. The molecule has 0 saturated heterocycles. The molecule has 9 nitrogen and oxygen atoms in total. The van der Waals surface area contributed by atoms with E-state index in [1.54, 1.807) is 13.8 Å². The van der Waals surface area contributed by atoms with Crippen molar-refractivity contribution >= 4 is 21.6 Å². The van der Waals surface area contributed by atoms with Gasteiger partial charge in [-0.25, -0.2) is 12.8 Å². The molecule has 0 bridgehead atoms. The van der Waals surface area contributed by atoms with E-state index in [0.717, 1.165) is 0 Å². The Bertz CT molecular complexity index is 1190. The quantitative estimate of drug-likeness (QED) is 0.468. The van der Waals surface area contributed by atoms with Gasteiger partial charge >= 0.3 is 0 Å². The lowest BCUT2D eigenvalue weighted by molar-refractivity contribution is -0.116. The smallest absolute Gasteiger partial charge is 0.243 e. The van der Waals surface area contributed by atoms with E-state index < -0.39 is 15.9 Å². The van der Waals surface area contributed by atoms with Gasteiger partial charge in [0.2, 0.25) is 27.6 Å². The number of aryl methyl sites for hydroxylation is 1. The van der Waals surface area contributed by atoms with Crippen LogP contribution in [-0.4, -0.2) is 47.0 Å². The highest BCUT2D eigenvalue weighted by molar-refractivity contribution is 7.89. The van der Waals surface area contributed by atoms with Crippen molar-refractivity contribution in [1.82, 2.24) is 14.4 Å². The molecule has 2 aromatic carbocycles. The summed E-state index contributed by atoms with van der Waals surface area (Å²) in [5.74, 6) is -0.632. The normalized spacial score (nSPS) is 11.6. The second-order valence-electron chi connectivity index (χ2n) is 6.84. The Morgan fingerprint density at radius 1 is 1.16 bits per heavy atom. The van der Waals surface area contributed by atoms with Crippen molar-refractivity contribution in [2.24, 2.45) is 0 Å². The van der Waals surface area contributed by atoms with E-state index in [1.165, 1.54) is 46.8 Å². The van der Waals surface area contributed by atoms with Crippen LogP contribution in [0.4, 0.5) is 10.1 Å². The molecule has 0 atom stereocenters. The number of aromatic nitrogens is 2. The van der Waals surface area contributed by atoms with Crippen molar-refractivity contribution in [3.8, 4) is 17.1 Å². The fraction of sp³-hybridized carbons (Fsp3) is 0.286. The number of hydrogen-bond donors (Lipinski definition) is 2. The minimum absolute atomic E-state index is 0.0132. The number of amides is 1. The van der Waals surface area contributed by atoms with Crippen LogP contribution in [0.25, 0.3) is 11.4 Å². The van der Waals surface area contributed by atoms with Crippen LogP contribution in [0.5, 0.6) is 5.75 Å². The average Bonchev–Trinajstić information content (AvgIpc) is 3.24. The molecule has 0 aliphatic rings.